The minimum absolute atomic E-state index is 0.00490. The Morgan fingerprint density at radius 3 is 2.73 bits per heavy atom. The van der Waals surface area contributed by atoms with Gasteiger partial charge in [0, 0.05) is 26.2 Å². The van der Waals surface area contributed by atoms with Crippen LogP contribution in [0.2, 0.25) is 10.2 Å². The van der Waals surface area contributed by atoms with Crippen LogP contribution in [0.4, 0.5) is 10.2 Å². The molecule has 1 N–H and O–H groups in total. The summed E-state index contributed by atoms with van der Waals surface area (Å²) in [6.45, 7) is 5.68. The molecule has 0 atom stereocenters. The van der Waals surface area contributed by atoms with Crippen LogP contribution in [-0.4, -0.2) is 62.1 Å². The zero-order valence-electron chi connectivity index (χ0n) is 17.1. The van der Waals surface area contributed by atoms with Crippen molar-refractivity contribution in [1.82, 2.24) is 30.0 Å². The number of amides is 1. The second kappa shape index (κ2) is 8.45. The van der Waals surface area contributed by atoms with Crippen LogP contribution in [-0.2, 0) is 4.79 Å². The highest BCUT2D eigenvalue weighted by Gasteiger charge is 2.24. The normalized spacial score (nSPS) is 14.2. The number of pyridine rings is 1. The average Bonchev–Trinajstić information content (AvgIpc) is 3.29. The van der Waals surface area contributed by atoms with Crippen molar-refractivity contribution in [3.63, 3.8) is 0 Å². The lowest BCUT2D eigenvalue weighted by atomic mass is 10.2. The number of hydrogen-bond acceptors (Lipinski definition) is 7. The SMILES string of the molecule is C=CC(=O)N1CCN(c2ncnc3c(Oc4c(F)c(Cl)cc5[nH]ncc45)nc(Cl)cc23)CC1. The fraction of sp³-hybridized carbons (Fsp3) is 0.190. The van der Waals surface area contributed by atoms with E-state index in [1.807, 2.05) is 4.90 Å². The molecule has 9 nitrogen and oxygen atoms in total. The summed E-state index contributed by atoms with van der Waals surface area (Å²) in [4.78, 5) is 28.6. The number of carbonyl (C=O) groups is 1. The van der Waals surface area contributed by atoms with Gasteiger partial charge in [0.15, 0.2) is 11.6 Å². The van der Waals surface area contributed by atoms with Gasteiger partial charge in [-0.2, -0.15) is 10.1 Å². The zero-order chi connectivity index (χ0) is 23.1. The van der Waals surface area contributed by atoms with E-state index in [1.54, 1.807) is 11.0 Å². The largest absolute Gasteiger partial charge is 0.433 e. The zero-order valence-corrected chi connectivity index (χ0v) is 18.6. The van der Waals surface area contributed by atoms with Gasteiger partial charge in [0.05, 0.1) is 27.5 Å². The summed E-state index contributed by atoms with van der Waals surface area (Å²) in [5, 5.41) is 7.63. The molecule has 33 heavy (non-hydrogen) atoms. The number of ether oxygens (including phenoxy) is 1. The number of aromatic amines is 1. The molecule has 0 aliphatic carbocycles. The van der Waals surface area contributed by atoms with E-state index in [0.717, 1.165) is 0 Å². The number of fused-ring (bicyclic) bond motifs is 2. The average molecular weight is 488 g/mol. The molecule has 1 saturated heterocycles. The number of nitrogens with zero attached hydrogens (tertiary/aromatic N) is 6. The molecule has 4 aromatic rings. The molecular formula is C21H16Cl2FN7O2. The number of benzene rings is 1. The van der Waals surface area contributed by atoms with Crippen molar-refractivity contribution in [2.75, 3.05) is 31.1 Å². The van der Waals surface area contributed by atoms with E-state index < -0.39 is 5.82 Å². The van der Waals surface area contributed by atoms with Crippen LogP contribution in [0.25, 0.3) is 21.8 Å². The number of carbonyl (C=O) groups excluding carboxylic acids is 1. The molecule has 5 rings (SSSR count). The summed E-state index contributed by atoms with van der Waals surface area (Å²) in [5.41, 5.74) is 0.856. The highest BCUT2D eigenvalue weighted by atomic mass is 35.5. The summed E-state index contributed by atoms with van der Waals surface area (Å²) in [6.07, 6.45) is 4.11. The molecule has 168 valence electrons. The van der Waals surface area contributed by atoms with Crippen LogP contribution in [0.5, 0.6) is 11.6 Å². The van der Waals surface area contributed by atoms with E-state index in [2.05, 4.69) is 31.7 Å². The molecule has 3 aromatic heterocycles. The van der Waals surface area contributed by atoms with Gasteiger partial charge in [-0.25, -0.2) is 14.4 Å². The molecule has 0 bridgehead atoms. The van der Waals surface area contributed by atoms with Gasteiger partial charge in [-0.05, 0) is 18.2 Å². The Kier molecular flexibility index (Phi) is 5.47. The highest BCUT2D eigenvalue weighted by Crippen LogP contribution is 2.39. The first kappa shape index (κ1) is 21.4. The lowest BCUT2D eigenvalue weighted by Gasteiger charge is -2.35. The fourth-order valence-electron chi connectivity index (χ4n) is 3.78. The lowest BCUT2D eigenvalue weighted by Crippen LogP contribution is -2.48. The maximum Gasteiger partial charge on any atom is 0.247 e. The Morgan fingerprint density at radius 2 is 1.97 bits per heavy atom. The smallest absolute Gasteiger partial charge is 0.247 e. The third-order valence-electron chi connectivity index (χ3n) is 5.40. The molecule has 0 unspecified atom stereocenters. The van der Waals surface area contributed by atoms with Crippen molar-refractivity contribution in [3.8, 4) is 11.6 Å². The first-order valence-electron chi connectivity index (χ1n) is 9.92. The van der Waals surface area contributed by atoms with E-state index in [0.29, 0.717) is 53.8 Å². The quantitative estimate of drug-likeness (QED) is 0.343. The van der Waals surface area contributed by atoms with Crippen molar-refractivity contribution >= 4 is 56.7 Å². The first-order valence-corrected chi connectivity index (χ1v) is 10.7. The van der Waals surface area contributed by atoms with Gasteiger partial charge in [-0.3, -0.25) is 9.89 Å². The van der Waals surface area contributed by atoms with Gasteiger partial charge in [0.25, 0.3) is 0 Å². The number of H-pyrrole nitrogens is 1. The maximum absolute atomic E-state index is 14.9. The Hall–Kier alpha value is -3.50. The fourth-order valence-corrected chi connectivity index (χ4v) is 4.16. The van der Waals surface area contributed by atoms with Crippen LogP contribution in [0.15, 0.2) is 37.3 Å². The Morgan fingerprint density at radius 1 is 1.18 bits per heavy atom. The molecule has 1 aromatic carbocycles. The Balaban J connectivity index is 1.55. The molecule has 1 amide bonds. The Bertz CT molecular complexity index is 1400. The summed E-state index contributed by atoms with van der Waals surface area (Å²) in [5.74, 6) is -0.388. The number of hydrogen-bond donors (Lipinski definition) is 1. The molecule has 4 heterocycles. The highest BCUT2D eigenvalue weighted by molar-refractivity contribution is 6.31. The van der Waals surface area contributed by atoms with Gasteiger partial charge in [0.2, 0.25) is 11.8 Å². The van der Waals surface area contributed by atoms with E-state index in [9.17, 15) is 9.18 Å². The number of piperazine rings is 1. The maximum atomic E-state index is 14.9. The molecule has 1 fully saturated rings. The number of rotatable bonds is 4. The van der Waals surface area contributed by atoms with Crippen LogP contribution >= 0.6 is 23.2 Å². The number of halogens is 3. The van der Waals surface area contributed by atoms with Gasteiger partial charge < -0.3 is 14.5 Å². The third-order valence-corrected chi connectivity index (χ3v) is 5.86. The number of anilines is 1. The van der Waals surface area contributed by atoms with Crippen molar-refractivity contribution in [2.24, 2.45) is 0 Å². The molecule has 0 radical (unpaired) electrons. The molecule has 1 aliphatic rings. The summed E-state index contributed by atoms with van der Waals surface area (Å²) in [7, 11) is 0. The van der Waals surface area contributed by atoms with Crippen LogP contribution < -0.4 is 9.64 Å². The van der Waals surface area contributed by atoms with E-state index >= 15 is 0 Å². The minimum Gasteiger partial charge on any atom is -0.433 e. The van der Waals surface area contributed by atoms with Crippen molar-refractivity contribution in [3.05, 3.63) is 53.3 Å². The predicted octanol–water partition coefficient (Wildman–Crippen LogP) is 3.97. The van der Waals surface area contributed by atoms with Gasteiger partial charge in [0.1, 0.15) is 22.8 Å². The first-order chi connectivity index (χ1) is 16.0. The van der Waals surface area contributed by atoms with Crippen LogP contribution in [0, 0.1) is 5.82 Å². The molecule has 1 aliphatic heterocycles. The van der Waals surface area contributed by atoms with E-state index in [-0.39, 0.29) is 27.7 Å². The number of aromatic nitrogens is 5. The summed E-state index contributed by atoms with van der Waals surface area (Å²) < 4.78 is 20.7. The lowest BCUT2D eigenvalue weighted by molar-refractivity contribution is -0.126. The van der Waals surface area contributed by atoms with Crippen molar-refractivity contribution in [2.45, 2.75) is 0 Å². The third kappa shape index (κ3) is 3.81. The minimum atomic E-state index is -0.752. The monoisotopic (exact) mass is 487 g/mol. The second-order valence-electron chi connectivity index (χ2n) is 7.29. The van der Waals surface area contributed by atoms with Gasteiger partial charge in [-0.1, -0.05) is 29.8 Å². The van der Waals surface area contributed by atoms with Crippen LogP contribution in [0.3, 0.4) is 0 Å². The molecule has 0 saturated carbocycles. The number of nitrogens with one attached hydrogen (secondary N) is 1. The van der Waals surface area contributed by atoms with Gasteiger partial charge in [-0.15, -0.1) is 0 Å². The second-order valence-corrected chi connectivity index (χ2v) is 8.09. The van der Waals surface area contributed by atoms with E-state index in [1.165, 1.54) is 24.7 Å². The van der Waals surface area contributed by atoms with Crippen molar-refractivity contribution < 1.29 is 13.9 Å². The molecule has 0 spiro atoms. The van der Waals surface area contributed by atoms with E-state index in [4.69, 9.17) is 27.9 Å². The van der Waals surface area contributed by atoms with Crippen molar-refractivity contribution in [1.29, 1.82) is 0 Å². The van der Waals surface area contributed by atoms with Gasteiger partial charge >= 0.3 is 0 Å². The summed E-state index contributed by atoms with van der Waals surface area (Å²) in [6, 6.07) is 3.05. The molecule has 12 heteroatoms. The molecular weight excluding hydrogens is 472 g/mol. The topological polar surface area (TPSA) is 100 Å². The Labute approximate surface area is 196 Å². The van der Waals surface area contributed by atoms with Crippen LogP contribution in [0.1, 0.15) is 0 Å². The standard InChI is InChI=1S/C21H16Cl2FN7O2/c1-2-16(32)30-3-5-31(6-4-30)20-11-7-15(23)28-21(18(11)25-10-26-20)33-19-12-9-27-29-14(12)8-13(22)17(19)24/h2,7-10H,1,3-6H2,(H,27,29). The predicted molar refractivity (Wildman–Crippen MR) is 122 cm³/mol. The summed E-state index contributed by atoms with van der Waals surface area (Å²) >= 11 is 12.3.